The first-order chi connectivity index (χ1) is 12.1. The summed E-state index contributed by atoms with van der Waals surface area (Å²) in [6.45, 7) is 7.55. The number of piperidine rings is 1. The van der Waals surface area contributed by atoms with Crippen molar-refractivity contribution in [3.63, 3.8) is 0 Å². The molecular formula is C18H26N2O5. The fourth-order valence-electron chi connectivity index (χ4n) is 2.67. The standard InChI is InChI=1S/C18H26N2O5/c1-4-23-14-10-12(11-15(24-5-2)16(14)25-6-3)17(21)20-13-8-7-9-19-18(13)22/h10-11,13H,4-9H2,1-3H3,(H,19,22)(H,20,21). The Morgan fingerprint density at radius 2 is 1.72 bits per heavy atom. The zero-order valence-electron chi connectivity index (χ0n) is 15.0. The van der Waals surface area contributed by atoms with Gasteiger partial charge in [0.05, 0.1) is 19.8 Å². The van der Waals surface area contributed by atoms with Crippen LogP contribution in [0.15, 0.2) is 12.1 Å². The molecule has 7 heteroatoms. The monoisotopic (exact) mass is 350 g/mol. The van der Waals surface area contributed by atoms with Crippen LogP contribution in [0.2, 0.25) is 0 Å². The molecule has 0 spiro atoms. The Balaban J connectivity index is 2.28. The van der Waals surface area contributed by atoms with Crippen LogP contribution in [0.4, 0.5) is 0 Å². The van der Waals surface area contributed by atoms with Crippen LogP contribution < -0.4 is 24.8 Å². The number of rotatable bonds is 8. The summed E-state index contributed by atoms with van der Waals surface area (Å²) < 4.78 is 16.9. The van der Waals surface area contributed by atoms with Crippen molar-refractivity contribution in [3.8, 4) is 17.2 Å². The van der Waals surface area contributed by atoms with Crippen LogP contribution in [0.1, 0.15) is 44.0 Å². The summed E-state index contributed by atoms with van der Waals surface area (Å²) in [5.74, 6) is 0.896. The smallest absolute Gasteiger partial charge is 0.252 e. The van der Waals surface area contributed by atoms with E-state index in [0.717, 1.165) is 6.42 Å². The van der Waals surface area contributed by atoms with Gasteiger partial charge in [-0.2, -0.15) is 0 Å². The van der Waals surface area contributed by atoms with Gasteiger partial charge in [0.2, 0.25) is 11.7 Å². The number of amides is 2. The minimum atomic E-state index is -0.515. The fourth-order valence-corrected chi connectivity index (χ4v) is 2.67. The molecule has 1 atom stereocenters. The third-order valence-corrected chi connectivity index (χ3v) is 3.76. The summed E-state index contributed by atoms with van der Waals surface area (Å²) in [5.41, 5.74) is 0.369. The van der Waals surface area contributed by atoms with Crippen molar-refractivity contribution in [1.82, 2.24) is 10.6 Å². The third kappa shape index (κ3) is 4.78. The Hall–Kier alpha value is -2.44. The van der Waals surface area contributed by atoms with Crippen molar-refractivity contribution in [1.29, 1.82) is 0 Å². The van der Waals surface area contributed by atoms with Crippen LogP contribution in [0.3, 0.4) is 0 Å². The van der Waals surface area contributed by atoms with Crippen LogP contribution in [0.25, 0.3) is 0 Å². The normalized spacial score (nSPS) is 16.8. The van der Waals surface area contributed by atoms with Crippen molar-refractivity contribution in [2.45, 2.75) is 39.7 Å². The number of hydrogen-bond acceptors (Lipinski definition) is 5. The zero-order valence-corrected chi connectivity index (χ0v) is 15.0. The summed E-state index contributed by atoms with van der Waals surface area (Å²) in [4.78, 5) is 24.4. The Kier molecular flexibility index (Phi) is 6.91. The Morgan fingerprint density at radius 1 is 1.12 bits per heavy atom. The van der Waals surface area contributed by atoms with E-state index in [1.165, 1.54) is 0 Å². The molecule has 1 aromatic carbocycles. The molecule has 0 radical (unpaired) electrons. The van der Waals surface area contributed by atoms with Gasteiger partial charge >= 0.3 is 0 Å². The molecular weight excluding hydrogens is 324 g/mol. The molecule has 0 saturated carbocycles. The van der Waals surface area contributed by atoms with Gasteiger partial charge in [-0.1, -0.05) is 0 Å². The van der Waals surface area contributed by atoms with Crippen molar-refractivity contribution in [3.05, 3.63) is 17.7 Å². The Labute approximate surface area is 148 Å². The van der Waals surface area contributed by atoms with Crippen LogP contribution in [-0.2, 0) is 4.79 Å². The minimum absolute atomic E-state index is 0.152. The molecule has 138 valence electrons. The lowest BCUT2D eigenvalue weighted by molar-refractivity contribution is -0.124. The van der Waals surface area contributed by atoms with Crippen LogP contribution >= 0.6 is 0 Å². The highest BCUT2D eigenvalue weighted by molar-refractivity contribution is 5.98. The summed E-state index contributed by atoms with van der Waals surface area (Å²) >= 11 is 0. The highest BCUT2D eigenvalue weighted by Crippen LogP contribution is 2.39. The molecule has 0 aromatic heterocycles. The second-order valence-electron chi connectivity index (χ2n) is 5.56. The number of carbonyl (C=O) groups is 2. The molecule has 1 aromatic rings. The van der Waals surface area contributed by atoms with E-state index in [4.69, 9.17) is 14.2 Å². The fraction of sp³-hybridized carbons (Fsp3) is 0.556. The lowest BCUT2D eigenvalue weighted by Gasteiger charge is -2.23. The minimum Gasteiger partial charge on any atom is -0.490 e. The maximum atomic E-state index is 12.6. The topological polar surface area (TPSA) is 85.9 Å². The molecule has 0 aliphatic carbocycles. The highest BCUT2D eigenvalue weighted by atomic mass is 16.5. The second-order valence-corrected chi connectivity index (χ2v) is 5.56. The molecule has 1 aliphatic heterocycles. The first kappa shape index (κ1) is 18.9. The van der Waals surface area contributed by atoms with Gasteiger partial charge in [0.1, 0.15) is 6.04 Å². The van der Waals surface area contributed by atoms with Crippen molar-refractivity contribution >= 4 is 11.8 Å². The van der Waals surface area contributed by atoms with E-state index < -0.39 is 6.04 Å². The molecule has 1 fully saturated rings. The first-order valence-corrected chi connectivity index (χ1v) is 8.75. The van der Waals surface area contributed by atoms with Gasteiger partial charge in [-0.3, -0.25) is 9.59 Å². The molecule has 25 heavy (non-hydrogen) atoms. The van der Waals surface area contributed by atoms with E-state index in [1.54, 1.807) is 12.1 Å². The van der Waals surface area contributed by atoms with Gasteiger partial charge in [0, 0.05) is 12.1 Å². The van der Waals surface area contributed by atoms with Gasteiger partial charge in [0.25, 0.3) is 5.91 Å². The third-order valence-electron chi connectivity index (χ3n) is 3.76. The van der Waals surface area contributed by atoms with Gasteiger partial charge in [0.15, 0.2) is 11.5 Å². The average molecular weight is 350 g/mol. The summed E-state index contributed by atoms with van der Waals surface area (Å²) in [6.07, 6.45) is 1.47. The predicted octanol–water partition coefficient (Wildman–Crippen LogP) is 1.89. The molecule has 2 rings (SSSR count). The van der Waals surface area contributed by atoms with Crippen molar-refractivity contribution < 1.29 is 23.8 Å². The van der Waals surface area contributed by atoms with Crippen molar-refractivity contribution in [2.24, 2.45) is 0 Å². The van der Waals surface area contributed by atoms with Gasteiger partial charge in [-0.05, 0) is 45.7 Å². The van der Waals surface area contributed by atoms with E-state index in [-0.39, 0.29) is 11.8 Å². The zero-order chi connectivity index (χ0) is 18.2. The van der Waals surface area contributed by atoms with E-state index in [9.17, 15) is 9.59 Å². The SMILES string of the molecule is CCOc1cc(C(=O)NC2CCCNC2=O)cc(OCC)c1OCC. The predicted molar refractivity (Wildman–Crippen MR) is 93.4 cm³/mol. The molecule has 1 aliphatic rings. The summed E-state index contributed by atoms with van der Waals surface area (Å²) in [5, 5.41) is 5.53. The molecule has 1 unspecified atom stereocenters. The number of nitrogens with one attached hydrogen (secondary N) is 2. The largest absolute Gasteiger partial charge is 0.490 e. The summed E-state index contributed by atoms with van der Waals surface area (Å²) in [7, 11) is 0. The van der Waals surface area contributed by atoms with Crippen LogP contribution in [0.5, 0.6) is 17.2 Å². The van der Waals surface area contributed by atoms with Crippen molar-refractivity contribution in [2.75, 3.05) is 26.4 Å². The molecule has 2 amide bonds. The molecule has 1 heterocycles. The maximum Gasteiger partial charge on any atom is 0.252 e. The molecule has 2 N–H and O–H groups in total. The molecule has 7 nitrogen and oxygen atoms in total. The van der Waals surface area contributed by atoms with Gasteiger partial charge < -0.3 is 24.8 Å². The summed E-state index contributed by atoms with van der Waals surface area (Å²) in [6, 6.07) is 2.72. The van der Waals surface area contributed by atoms with Crippen LogP contribution in [0, 0.1) is 0 Å². The van der Waals surface area contributed by atoms with Crippen LogP contribution in [-0.4, -0.2) is 44.2 Å². The Bertz CT molecular complexity index is 590. The second kappa shape index (κ2) is 9.15. The number of hydrogen-bond donors (Lipinski definition) is 2. The van der Waals surface area contributed by atoms with E-state index in [1.807, 2.05) is 20.8 Å². The number of carbonyl (C=O) groups excluding carboxylic acids is 2. The average Bonchev–Trinajstić information content (AvgIpc) is 2.60. The first-order valence-electron chi connectivity index (χ1n) is 8.75. The highest BCUT2D eigenvalue weighted by Gasteiger charge is 2.25. The van der Waals surface area contributed by atoms with E-state index in [0.29, 0.717) is 55.6 Å². The lowest BCUT2D eigenvalue weighted by atomic mass is 10.1. The van der Waals surface area contributed by atoms with Gasteiger partial charge in [-0.15, -0.1) is 0 Å². The Morgan fingerprint density at radius 3 is 2.24 bits per heavy atom. The molecule has 1 saturated heterocycles. The van der Waals surface area contributed by atoms with E-state index >= 15 is 0 Å². The maximum absolute atomic E-state index is 12.6. The quantitative estimate of drug-likeness (QED) is 0.748. The van der Waals surface area contributed by atoms with E-state index in [2.05, 4.69) is 10.6 Å². The van der Waals surface area contributed by atoms with Gasteiger partial charge in [-0.25, -0.2) is 0 Å². The number of ether oxygens (including phenoxy) is 3. The number of benzene rings is 1. The molecule has 0 bridgehead atoms. The lowest BCUT2D eigenvalue weighted by Crippen LogP contribution is -2.50.